The highest BCUT2D eigenvalue weighted by Gasteiger charge is 2.15. The van der Waals surface area contributed by atoms with Crippen LogP contribution >= 0.6 is 15.9 Å². The molecule has 0 unspecified atom stereocenters. The second-order valence-corrected chi connectivity index (χ2v) is 5.66. The average molecular weight is 344 g/mol. The zero-order valence-electron chi connectivity index (χ0n) is 12.1. The standard InChI is InChI=1S/C15H22BrNO3/c1-3-19-15-13(16)7-11(8-14(15)18-2)9-17-10-12-5-4-6-20-12/h7-8,12,17H,3-6,9-10H2,1-2H3/t12-/m0/s1. The quantitative estimate of drug-likeness (QED) is 0.825. The van der Waals surface area contributed by atoms with E-state index in [-0.39, 0.29) is 0 Å². The van der Waals surface area contributed by atoms with E-state index in [9.17, 15) is 0 Å². The normalized spacial score (nSPS) is 18.2. The summed E-state index contributed by atoms with van der Waals surface area (Å²) < 4.78 is 17.5. The van der Waals surface area contributed by atoms with Crippen molar-refractivity contribution in [3.63, 3.8) is 0 Å². The number of nitrogens with one attached hydrogen (secondary N) is 1. The zero-order valence-corrected chi connectivity index (χ0v) is 13.7. The molecule has 4 nitrogen and oxygen atoms in total. The Morgan fingerprint density at radius 2 is 2.30 bits per heavy atom. The van der Waals surface area contributed by atoms with E-state index in [0.29, 0.717) is 12.7 Å². The first-order valence-electron chi connectivity index (χ1n) is 7.06. The SMILES string of the molecule is CCOc1c(Br)cc(CNC[C@@H]2CCCO2)cc1OC. The molecule has 0 saturated carbocycles. The maximum atomic E-state index is 5.59. The fraction of sp³-hybridized carbons (Fsp3) is 0.600. The van der Waals surface area contributed by atoms with Crippen LogP contribution in [0.4, 0.5) is 0 Å². The van der Waals surface area contributed by atoms with E-state index in [0.717, 1.165) is 47.7 Å². The minimum atomic E-state index is 0.364. The summed E-state index contributed by atoms with van der Waals surface area (Å²) in [5.41, 5.74) is 1.16. The van der Waals surface area contributed by atoms with E-state index < -0.39 is 0 Å². The molecule has 1 atom stereocenters. The van der Waals surface area contributed by atoms with Crippen LogP contribution in [0.3, 0.4) is 0 Å². The highest BCUT2D eigenvalue weighted by molar-refractivity contribution is 9.10. The van der Waals surface area contributed by atoms with Crippen molar-refractivity contribution in [2.45, 2.75) is 32.4 Å². The van der Waals surface area contributed by atoms with Gasteiger partial charge in [0.1, 0.15) is 0 Å². The Labute approximate surface area is 128 Å². The summed E-state index contributed by atoms with van der Waals surface area (Å²) in [7, 11) is 1.66. The summed E-state index contributed by atoms with van der Waals surface area (Å²) in [5, 5.41) is 3.43. The number of hydrogen-bond acceptors (Lipinski definition) is 4. The van der Waals surface area contributed by atoms with Crippen LogP contribution in [0.25, 0.3) is 0 Å². The third-order valence-electron chi connectivity index (χ3n) is 3.30. The molecule has 0 bridgehead atoms. The van der Waals surface area contributed by atoms with Gasteiger partial charge in [0.25, 0.3) is 0 Å². The Morgan fingerprint density at radius 3 is 2.95 bits per heavy atom. The third-order valence-corrected chi connectivity index (χ3v) is 3.89. The molecule has 1 fully saturated rings. The molecule has 0 amide bonds. The van der Waals surface area contributed by atoms with Crippen molar-refractivity contribution < 1.29 is 14.2 Å². The number of ether oxygens (including phenoxy) is 3. The first kappa shape index (κ1) is 15.6. The summed E-state index contributed by atoms with van der Waals surface area (Å²) in [4.78, 5) is 0. The molecule has 1 aliphatic heterocycles. The van der Waals surface area contributed by atoms with Crippen LogP contribution in [0.5, 0.6) is 11.5 Å². The minimum Gasteiger partial charge on any atom is -0.493 e. The lowest BCUT2D eigenvalue weighted by atomic mass is 10.2. The zero-order chi connectivity index (χ0) is 14.4. The van der Waals surface area contributed by atoms with E-state index in [1.807, 2.05) is 13.0 Å². The van der Waals surface area contributed by atoms with E-state index in [1.165, 1.54) is 6.42 Å². The molecule has 0 aromatic heterocycles. The van der Waals surface area contributed by atoms with Gasteiger partial charge in [-0.1, -0.05) is 0 Å². The fourth-order valence-corrected chi connectivity index (χ4v) is 2.95. The van der Waals surface area contributed by atoms with Gasteiger partial charge in [0.05, 0.1) is 24.3 Å². The molecule has 1 aromatic rings. The van der Waals surface area contributed by atoms with Crippen molar-refractivity contribution >= 4 is 15.9 Å². The maximum absolute atomic E-state index is 5.59. The van der Waals surface area contributed by atoms with Crippen molar-refractivity contribution in [2.75, 3.05) is 26.9 Å². The molecule has 0 aliphatic carbocycles. The smallest absolute Gasteiger partial charge is 0.175 e. The number of benzene rings is 1. The van der Waals surface area contributed by atoms with Gasteiger partial charge >= 0.3 is 0 Å². The first-order chi connectivity index (χ1) is 9.74. The number of rotatable bonds is 7. The third kappa shape index (κ3) is 4.11. The molecule has 20 heavy (non-hydrogen) atoms. The van der Waals surface area contributed by atoms with E-state index in [1.54, 1.807) is 7.11 Å². The fourth-order valence-electron chi connectivity index (χ4n) is 2.34. The Bertz CT molecular complexity index is 433. The van der Waals surface area contributed by atoms with Crippen LogP contribution in [0.15, 0.2) is 16.6 Å². The molecule has 5 heteroatoms. The molecule has 0 spiro atoms. The molecular formula is C15H22BrNO3. The topological polar surface area (TPSA) is 39.7 Å². The van der Waals surface area contributed by atoms with Gasteiger partial charge in [0.15, 0.2) is 11.5 Å². The minimum absolute atomic E-state index is 0.364. The molecule has 1 aliphatic rings. The van der Waals surface area contributed by atoms with Crippen LogP contribution in [0, 0.1) is 0 Å². The lowest BCUT2D eigenvalue weighted by molar-refractivity contribution is 0.110. The predicted molar refractivity (Wildman–Crippen MR) is 82.5 cm³/mol. The maximum Gasteiger partial charge on any atom is 0.175 e. The van der Waals surface area contributed by atoms with Crippen LogP contribution in [-0.4, -0.2) is 33.0 Å². The lowest BCUT2D eigenvalue weighted by Crippen LogP contribution is -2.25. The Balaban J connectivity index is 1.95. The van der Waals surface area contributed by atoms with Crippen molar-refractivity contribution in [1.82, 2.24) is 5.32 Å². The van der Waals surface area contributed by atoms with Gasteiger partial charge in [-0.05, 0) is 53.4 Å². The highest BCUT2D eigenvalue weighted by atomic mass is 79.9. The summed E-state index contributed by atoms with van der Waals surface area (Å²) in [6.07, 6.45) is 2.70. The Morgan fingerprint density at radius 1 is 1.45 bits per heavy atom. The van der Waals surface area contributed by atoms with Crippen LogP contribution < -0.4 is 14.8 Å². The van der Waals surface area contributed by atoms with Crippen molar-refractivity contribution in [2.24, 2.45) is 0 Å². The molecule has 2 rings (SSSR count). The van der Waals surface area contributed by atoms with Gasteiger partial charge in [-0.2, -0.15) is 0 Å². The van der Waals surface area contributed by atoms with Gasteiger partial charge < -0.3 is 19.5 Å². The molecule has 1 heterocycles. The number of halogens is 1. The van der Waals surface area contributed by atoms with E-state index >= 15 is 0 Å². The molecule has 0 radical (unpaired) electrons. The highest BCUT2D eigenvalue weighted by Crippen LogP contribution is 2.36. The largest absolute Gasteiger partial charge is 0.493 e. The summed E-state index contributed by atoms with van der Waals surface area (Å²) in [6, 6.07) is 4.08. The van der Waals surface area contributed by atoms with E-state index in [4.69, 9.17) is 14.2 Å². The monoisotopic (exact) mass is 343 g/mol. The Hall–Kier alpha value is -0.780. The van der Waals surface area contributed by atoms with Gasteiger partial charge in [0.2, 0.25) is 0 Å². The number of methoxy groups -OCH3 is 1. The summed E-state index contributed by atoms with van der Waals surface area (Å²) in [5.74, 6) is 1.52. The van der Waals surface area contributed by atoms with Gasteiger partial charge in [-0.3, -0.25) is 0 Å². The number of hydrogen-bond donors (Lipinski definition) is 1. The lowest BCUT2D eigenvalue weighted by Gasteiger charge is -2.15. The van der Waals surface area contributed by atoms with Gasteiger partial charge in [-0.15, -0.1) is 0 Å². The molecule has 112 valence electrons. The second kappa shape index (κ2) is 7.86. The van der Waals surface area contributed by atoms with Crippen molar-refractivity contribution in [3.8, 4) is 11.5 Å². The summed E-state index contributed by atoms with van der Waals surface area (Å²) in [6.45, 7) is 5.16. The molecule has 1 aromatic carbocycles. The Kier molecular flexibility index (Phi) is 6.13. The van der Waals surface area contributed by atoms with Crippen molar-refractivity contribution in [1.29, 1.82) is 0 Å². The molecule has 1 N–H and O–H groups in total. The molecular weight excluding hydrogens is 322 g/mol. The van der Waals surface area contributed by atoms with Crippen LogP contribution in [-0.2, 0) is 11.3 Å². The van der Waals surface area contributed by atoms with E-state index in [2.05, 4.69) is 27.3 Å². The molecule has 1 saturated heterocycles. The second-order valence-electron chi connectivity index (χ2n) is 4.81. The van der Waals surface area contributed by atoms with Crippen LogP contribution in [0.1, 0.15) is 25.3 Å². The van der Waals surface area contributed by atoms with Crippen LogP contribution in [0.2, 0.25) is 0 Å². The average Bonchev–Trinajstić information content (AvgIpc) is 2.94. The first-order valence-corrected chi connectivity index (χ1v) is 7.85. The van der Waals surface area contributed by atoms with Gasteiger partial charge in [0, 0.05) is 19.7 Å². The summed E-state index contributed by atoms with van der Waals surface area (Å²) >= 11 is 3.54. The predicted octanol–water partition coefficient (Wildman–Crippen LogP) is 3.13. The van der Waals surface area contributed by atoms with Crippen molar-refractivity contribution in [3.05, 3.63) is 22.2 Å². The van der Waals surface area contributed by atoms with Gasteiger partial charge in [-0.25, -0.2) is 0 Å².